The van der Waals surface area contributed by atoms with Gasteiger partial charge in [-0.2, -0.15) is 4.31 Å². The van der Waals surface area contributed by atoms with Gasteiger partial charge in [-0.1, -0.05) is 6.07 Å². The van der Waals surface area contributed by atoms with E-state index >= 15 is 0 Å². The van der Waals surface area contributed by atoms with Crippen LogP contribution in [0.4, 0.5) is 0 Å². The van der Waals surface area contributed by atoms with E-state index in [1.165, 1.54) is 16.8 Å². The summed E-state index contributed by atoms with van der Waals surface area (Å²) < 4.78 is 53.6. The second-order valence-electron chi connectivity index (χ2n) is 9.14. The van der Waals surface area contributed by atoms with E-state index in [2.05, 4.69) is 4.98 Å². The van der Waals surface area contributed by atoms with Crippen LogP contribution in [0.3, 0.4) is 0 Å². The summed E-state index contributed by atoms with van der Waals surface area (Å²) in [6.45, 7) is 4.68. The summed E-state index contributed by atoms with van der Waals surface area (Å²) in [7, 11) is -5.26. The van der Waals surface area contributed by atoms with Crippen molar-refractivity contribution in [1.29, 1.82) is 0 Å². The highest BCUT2D eigenvalue weighted by Gasteiger charge is 2.34. The molecule has 2 aromatic carbocycles. The molecule has 194 valence electrons. The normalized spacial score (nSPS) is 17.4. The van der Waals surface area contributed by atoms with Gasteiger partial charge in [-0.25, -0.2) is 17.6 Å². The number of nitrogens with zero attached hydrogens (tertiary/aromatic N) is 3. The van der Waals surface area contributed by atoms with Gasteiger partial charge in [0.05, 0.1) is 28.6 Å². The topological polar surface area (TPSA) is 112 Å². The Labute approximate surface area is 217 Å². The minimum Gasteiger partial charge on any atom is -0.491 e. The zero-order valence-corrected chi connectivity index (χ0v) is 22.1. The number of benzene rings is 2. The third-order valence-electron chi connectivity index (χ3n) is 6.36. The SMILES string of the molecule is CC(C)Oc1ccc(S(=O)(=O)N2CCC(c3cn(CC=O)c4cc(S(=O)c5ncco5)ccc34)C2)cc1. The van der Waals surface area contributed by atoms with E-state index in [0.29, 0.717) is 30.2 Å². The maximum absolute atomic E-state index is 13.3. The fourth-order valence-corrected chi connectivity index (χ4v) is 7.10. The molecule has 4 aromatic rings. The molecule has 2 aromatic heterocycles. The van der Waals surface area contributed by atoms with E-state index in [1.54, 1.807) is 41.0 Å². The van der Waals surface area contributed by atoms with Crippen LogP contribution in [-0.2, 0) is 32.2 Å². The molecular weight excluding hydrogens is 514 g/mol. The number of rotatable bonds is 9. The first-order chi connectivity index (χ1) is 17.8. The molecule has 1 aliphatic rings. The summed E-state index contributed by atoms with van der Waals surface area (Å²) in [5, 5.41) is 1.00. The Morgan fingerprint density at radius 1 is 1.22 bits per heavy atom. The van der Waals surface area contributed by atoms with Crippen LogP contribution >= 0.6 is 0 Å². The van der Waals surface area contributed by atoms with Crippen LogP contribution in [0.2, 0.25) is 0 Å². The largest absolute Gasteiger partial charge is 0.491 e. The van der Waals surface area contributed by atoms with Crippen LogP contribution in [-0.4, -0.2) is 52.0 Å². The predicted molar refractivity (Wildman–Crippen MR) is 138 cm³/mol. The Morgan fingerprint density at radius 3 is 2.68 bits per heavy atom. The molecule has 0 aliphatic carbocycles. The molecule has 5 rings (SSSR count). The Balaban J connectivity index is 1.41. The van der Waals surface area contributed by atoms with Gasteiger partial charge in [0.1, 0.15) is 29.1 Å². The highest BCUT2D eigenvalue weighted by atomic mass is 32.2. The molecule has 3 heterocycles. The first-order valence-corrected chi connectivity index (χ1v) is 14.5. The van der Waals surface area contributed by atoms with Gasteiger partial charge in [0.15, 0.2) is 0 Å². The molecule has 37 heavy (non-hydrogen) atoms. The summed E-state index contributed by atoms with van der Waals surface area (Å²) in [6.07, 6.45) is 6.16. The lowest BCUT2D eigenvalue weighted by atomic mass is 9.98. The number of carbonyl (C=O) groups excluding carboxylic acids is 1. The number of ether oxygens (including phenoxy) is 1. The van der Waals surface area contributed by atoms with Gasteiger partial charge in [0.2, 0.25) is 10.0 Å². The Hall–Kier alpha value is -3.28. The first kappa shape index (κ1) is 25.4. The van der Waals surface area contributed by atoms with Gasteiger partial charge < -0.3 is 18.5 Å². The van der Waals surface area contributed by atoms with Crippen molar-refractivity contribution in [2.24, 2.45) is 0 Å². The summed E-state index contributed by atoms with van der Waals surface area (Å²) in [5.74, 6) is 0.580. The Morgan fingerprint density at radius 2 is 2.00 bits per heavy atom. The monoisotopic (exact) mass is 541 g/mol. The summed E-state index contributed by atoms with van der Waals surface area (Å²) in [4.78, 5) is 16.1. The maximum atomic E-state index is 13.3. The Kier molecular flexibility index (Phi) is 7.02. The second kappa shape index (κ2) is 10.2. The van der Waals surface area contributed by atoms with Crippen molar-refractivity contribution in [2.75, 3.05) is 13.1 Å². The van der Waals surface area contributed by atoms with Crippen LogP contribution in [0.25, 0.3) is 10.9 Å². The number of aldehydes is 1. The summed E-state index contributed by atoms with van der Waals surface area (Å²) in [5.41, 5.74) is 1.71. The van der Waals surface area contributed by atoms with Crippen LogP contribution in [0.1, 0.15) is 31.7 Å². The fraction of sp³-hybridized carbons (Fsp3) is 0.308. The molecule has 11 heteroatoms. The zero-order valence-electron chi connectivity index (χ0n) is 20.4. The molecule has 1 aliphatic heterocycles. The molecule has 0 radical (unpaired) electrons. The average Bonchev–Trinajstić information content (AvgIpc) is 3.64. The van der Waals surface area contributed by atoms with Crippen LogP contribution in [0, 0.1) is 0 Å². The van der Waals surface area contributed by atoms with Crippen molar-refractivity contribution < 1.29 is 26.6 Å². The third kappa shape index (κ3) is 4.98. The highest BCUT2D eigenvalue weighted by Crippen LogP contribution is 2.37. The molecule has 2 atom stereocenters. The molecule has 9 nitrogen and oxygen atoms in total. The molecular formula is C26H27N3O6S2. The second-order valence-corrected chi connectivity index (χ2v) is 12.4. The lowest BCUT2D eigenvalue weighted by molar-refractivity contribution is -0.108. The van der Waals surface area contributed by atoms with Gasteiger partial charge in [-0.15, -0.1) is 0 Å². The molecule has 0 bridgehead atoms. The van der Waals surface area contributed by atoms with Crippen LogP contribution in [0.5, 0.6) is 5.75 Å². The lowest BCUT2D eigenvalue weighted by Crippen LogP contribution is -2.28. The Bertz CT molecular complexity index is 1540. The van der Waals surface area contributed by atoms with Crippen molar-refractivity contribution in [3.8, 4) is 5.75 Å². The smallest absolute Gasteiger partial charge is 0.291 e. The standard InChI is InChI=1S/C26H27N3O6S2/c1-18(2)35-20-3-6-22(7-4-20)37(32,33)29-11-9-19(16-29)24-17-28(12-13-30)25-15-21(5-8-23(24)25)36(31)26-27-10-14-34-26/h3-8,10,13-15,17-19H,9,11-12,16H2,1-2H3. The van der Waals surface area contributed by atoms with E-state index < -0.39 is 20.8 Å². The number of oxazole rings is 1. The van der Waals surface area contributed by atoms with Crippen molar-refractivity contribution in [2.45, 2.75) is 53.8 Å². The molecule has 0 amide bonds. The van der Waals surface area contributed by atoms with E-state index in [-0.39, 0.29) is 28.7 Å². The van der Waals surface area contributed by atoms with Gasteiger partial charge in [0, 0.05) is 36.1 Å². The minimum atomic E-state index is -3.67. The number of sulfonamides is 1. The fourth-order valence-electron chi connectivity index (χ4n) is 4.69. The van der Waals surface area contributed by atoms with Crippen molar-refractivity contribution in [1.82, 2.24) is 13.9 Å². The zero-order chi connectivity index (χ0) is 26.2. The van der Waals surface area contributed by atoms with E-state index in [0.717, 1.165) is 22.8 Å². The lowest BCUT2D eigenvalue weighted by Gasteiger charge is -2.17. The van der Waals surface area contributed by atoms with Crippen molar-refractivity contribution in [3.05, 3.63) is 66.7 Å². The summed E-state index contributed by atoms with van der Waals surface area (Å²) in [6, 6.07) is 11.9. The quantitative estimate of drug-likeness (QED) is 0.295. The third-order valence-corrected chi connectivity index (χ3v) is 9.44. The minimum absolute atomic E-state index is 0.000946. The maximum Gasteiger partial charge on any atom is 0.291 e. The molecule has 0 saturated carbocycles. The number of fused-ring (bicyclic) bond motifs is 1. The van der Waals surface area contributed by atoms with Gasteiger partial charge in [-0.05, 0) is 62.2 Å². The van der Waals surface area contributed by atoms with E-state index in [4.69, 9.17) is 9.15 Å². The van der Waals surface area contributed by atoms with Gasteiger partial charge >= 0.3 is 0 Å². The molecule has 1 saturated heterocycles. The average molecular weight is 542 g/mol. The van der Waals surface area contributed by atoms with E-state index in [9.17, 15) is 17.4 Å². The summed E-state index contributed by atoms with van der Waals surface area (Å²) >= 11 is 0. The number of hydrogen-bond donors (Lipinski definition) is 0. The number of carbonyl (C=O) groups is 1. The number of hydrogen-bond acceptors (Lipinski definition) is 7. The van der Waals surface area contributed by atoms with Crippen molar-refractivity contribution in [3.63, 3.8) is 0 Å². The van der Waals surface area contributed by atoms with Gasteiger partial charge in [-0.3, -0.25) is 0 Å². The van der Waals surface area contributed by atoms with E-state index in [1.807, 2.05) is 26.1 Å². The molecule has 1 fully saturated rings. The van der Waals surface area contributed by atoms with Gasteiger partial charge in [0.25, 0.3) is 5.22 Å². The number of aromatic nitrogens is 2. The van der Waals surface area contributed by atoms with Crippen LogP contribution < -0.4 is 4.74 Å². The predicted octanol–water partition coefficient (Wildman–Crippen LogP) is 3.96. The molecule has 2 unspecified atom stereocenters. The molecule has 0 N–H and O–H groups in total. The first-order valence-electron chi connectivity index (χ1n) is 11.9. The van der Waals surface area contributed by atoms with Crippen molar-refractivity contribution >= 4 is 38.0 Å². The highest BCUT2D eigenvalue weighted by molar-refractivity contribution is 7.89. The molecule has 0 spiro atoms. The van der Waals surface area contributed by atoms with Crippen LogP contribution in [0.15, 0.2) is 80.6 Å².